The number of rotatable bonds is 3. The number of hydrogen-bond donors (Lipinski definition) is 1. The van der Waals surface area contributed by atoms with Crippen LogP contribution in [0.1, 0.15) is 20.8 Å². The molecule has 0 aliphatic carbocycles. The lowest BCUT2D eigenvalue weighted by atomic mass is 10.2. The Labute approximate surface area is 149 Å². The monoisotopic (exact) mass is 416 g/mol. The number of benzene rings is 1. The summed E-state index contributed by atoms with van der Waals surface area (Å²) in [7, 11) is -6.09. The van der Waals surface area contributed by atoms with Crippen LogP contribution >= 0.6 is 11.3 Å². The molecule has 2 rings (SSSR count). The second-order valence-corrected chi connectivity index (χ2v) is 8.42. The van der Waals surface area contributed by atoms with Crippen LogP contribution in [0.4, 0.5) is 27.5 Å². The standard InChI is InChI=1S/C13H12F4N2O5S2/c1-12(2,3)23-11(20)19-10-18-8-7(25-10)5-4-6(14)9(8)24-26(21,22)13(15,16)17/h4-5H,1-3H3,(H,18,19,20). The lowest BCUT2D eigenvalue weighted by molar-refractivity contribution is -0.0500. The minimum atomic E-state index is -6.09. The van der Waals surface area contributed by atoms with E-state index in [0.29, 0.717) is 0 Å². The van der Waals surface area contributed by atoms with Crippen LogP contribution in [0.25, 0.3) is 10.2 Å². The van der Waals surface area contributed by atoms with Crippen molar-refractivity contribution in [1.29, 1.82) is 0 Å². The highest BCUT2D eigenvalue weighted by Gasteiger charge is 2.49. The lowest BCUT2D eigenvalue weighted by Crippen LogP contribution is -2.28. The Bertz CT molecular complexity index is 948. The number of nitrogens with zero attached hydrogens (tertiary/aromatic N) is 1. The maximum Gasteiger partial charge on any atom is 0.534 e. The molecule has 0 bridgehead atoms. The van der Waals surface area contributed by atoms with E-state index in [9.17, 15) is 30.8 Å². The smallest absolute Gasteiger partial charge is 0.444 e. The number of fused-ring (bicyclic) bond motifs is 1. The third-order valence-electron chi connectivity index (χ3n) is 2.55. The van der Waals surface area contributed by atoms with Crippen molar-refractivity contribution < 1.29 is 39.7 Å². The zero-order valence-electron chi connectivity index (χ0n) is 13.5. The maximum atomic E-state index is 13.8. The van der Waals surface area contributed by atoms with Gasteiger partial charge in [-0.15, -0.1) is 0 Å². The third kappa shape index (κ3) is 4.52. The van der Waals surface area contributed by atoms with Gasteiger partial charge in [0.2, 0.25) is 5.75 Å². The van der Waals surface area contributed by atoms with E-state index >= 15 is 0 Å². The molecule has 13 heteroatoms. The lowest BCUT2D eigenvalue weighted by Gasteiger charge is -2.18. The molecule has 0 aliphatic heterocycles. The second kappa shape index (κ2) is 6.54. The molecular weight excluding hydrogens is 404 g/mol. The number of amides is 1. The minimum Gasteiger partial charge on any atom is -0.444 e. The first-order valence-electron chi connectivity index (χ1n) is 6.79. The number of nitrogens with one attached hydrogen (secondary N) is 1. The second-order valence-electron chi connectivity index (χ2n) is 5.85. The molecule has 2 aromatic rings. The molecule has 0 aliphatic rings. The van der Waals surface area contributed by atoms with Gasteiger partial charge in [-0.2, -0.15) is 21.6 Å². The van der Waals surface area contributed by atoms with Crippen molar-refractivity contribution in [3.05, 3.63) is 17.9 Å². The number of alkyl halides is 3. The molecule has 0 saturated heterocycles. The molecular formula is C13H12F4N2O5S2. The number of carbonyl (C=O) groups excluding carboxylic acids is 1. The van der Waals surface area contributed by atoms with Gasteiger partial charge in [-0.3, -0.25) is 5.32 Å². The van der Waals surface area contributed by atoms with E-state index in [1.807, 2.05) is 0 Å². The van der Waals surface area contributed by atoms with Crippen molar-refractivity contribution in [2.75, 3.05) is 5.32 Å². The number of thiazole rings is 1. The van der Waals surface area contributed by atoms with Crippen LogP contribution in [0, 0.1) is 5.82 Å². The molecule has 26 heavy (non-hydrogen) atoms. The normalized spacial score (nSPS) is 12.9. The zero-order valence-corrected chi connectivity index (χ0v) is 15.1. The van der Waals surface area contributed by atoms with E-state index in [4.69, 9.17) is 4.74 Å². The Kier molecular flexibility index (Phi) is 5.07. The van der Waals surface area contributed by atoms with Gasteiger partial charge < -0.3 is 8.92 Å². The van der Waals surface area contributed by atoms with Crippen LogP contribution in [0.15, 0.2) is 12.1 Å². The highest BCUT2D eigenvalue weighted by Crippen LogP contribution is 2.37. The summed E-state index contributed by atoms with van der Waals surface area (Å²) in [5.41, 5.74) is -7.05. The van der Waals surface area contributed by atoms with Crippen LogP contribution in [0.5, 0.6) is 5.75 Å². The van der Waals surface area contributed by atoms with Gasteiger partial charge >= 0.3 is 21.7 Å². The number of ether oxygens (including phenoxy) is 1. The van der Waals surface area contributed by atoms with Crippen molar-refractivity contribution in [3.63, 3.8) is 0 Å². The average molecular weight is 416 g/mol. The molecule has 0 unspecified atom stereocenters. The van der Waals surface area contributed by atoms with Crippen molar-refractivity contribution in [3.8, 4) is 5.75 Å². The molecule has 7 nitrogen and oxygen atoms in total. The average Bonchev–Trinajstić information content (AvgIpc) is 2.81. The Balaban J connectivity index is 2.40. The van der Waals surface area contributed by atoms with Crippen LogP contribution in [0.3, 0.4) is 0 Å². The van der Waals surface area contributed by atoms with Gasteiger partial charge in [-0.25, -0.2) is 14.2 Å². The number of halogens is 4. The summed E-state index contributed by atoms with van der Waals surface area (Å²) in [5, 5.41) is 2.08. The summed E-state index contributed by atoms with van der Waals surface area (Å²) < 4.78 is 82.4. The molecule has 0 spiro atoms. The zero-order chi connectivity index (χ0) is 19.9. The maximum absolute atomic E-state index is 13.8. The molecule has 0 atom stereocenters. The van der Waals surface area contributed by atoms with Crippen molar-refractivity contribution in [2.45, 2.75) is 31.9 Å². The first-order chi connectivity index (χ1) is 11.7. The molecule has 0 fully saturated rings. The van der Waals surface area contributed by atoms with Gasteiger partial charge in [0.1, 0.15) is 11.1 Å². The largest absolute Gasteiger partial charge is 0.534 e. The predicted octanol–water partition coefficient (Wildman–Crippen LogP) is 4.01. The number of aromatic nitrogens is 1. The van der Waals surface area contributed by atoms with Gasteiger partial charge in [-0.1, -0.05) is 11.3 Å². The molecule has 1 N–H and O–H groups in total. The molecule has 0 radical (unpaired) electrons. The number of hydrogen-bond acceptors (Lipinski definition) is 7. The summed E-state index contributed by atoms with van der Waals surface area (Å²) >= 11 is 0.762. The van der Waals surface area contributed by atoms with Crippen LogP contribution in [-0.4, -0.2) is 30.6 Å². The Morgan fingerprint density at radius 3 is 2.38 bits per heavy atom. The highest BCUT2D eigenvalue weighted by atomic mass is 32.2. The van der Waals surface area contributed by atoms with Gasteiger partial charge in [0.15, 0.2) is 10.9 Å². The van der Waals surface area contributed by atoms with E-state index in [-0.39, 0.29) is 9.83 Å². The van der Waals surface area contributed by atoms with Crippen molar-refractivity contribution in [2.24, 2.45) is 0 Å². The minimum absolute atomic E-state index is 0.0878. The Morgan fingerprint density at radius 1 is 1.23 bits per heavy atom. The fourth-order valence-electron chi connectivity index (χ4n) is 1.63. The number of anilines is 1. The fourth-order valence-corrected chi connectivity index (χ4v) is 2.95. The predicted molar refractivity (Wildman–Crippen MR) is 85.0 cm³/mol. The van der Waals surface area contributed by atoms with Gasteiger partial charge in [0, 0.05) is 0 Å². The Morgan fingerprint density at radius 2 is 1.85 bits per heavy atom. The first kappa shape index (κ1) is 20.2. The molecule has 144 valence electrons. The third-order valence-corrected chi connectivity index (χ3v) is 4.44. The Hall–Kier alpha value is -2.15. The molecule has 1 heterocycles. The molecule has 0 saturated carbocycles. The summed E-state index contributed by atoms with van der Waals surface area (Å²) in [6, 6.07) is 1.87. The first-order valence-corrected chi connectivity index (χ1v) is 9.02. The summed E-state index contributed by atoms with van der Waals surface area (Å²) in [6.07, 6.45) is -0.901. The SMILES string of the molecule is CC(C)(C)OC(=O)Nc1nc2c(OS(=O)(=O)C(F)(F)F)c(F)ccc2s1. The molecule has 1 aromatic heterocycles. The van der Waals surface area contributed by atoms with Crippen LogP contribution in [-0.2, 0) is 14.9 Å². The summed E-state index contributed by atoms with van der Waals surface area (Å²) in [5.74, 6) is -2.58. The van der Waals surface area contributed by atoms with E-state index in [2.05, 4.69) is 14.5 Å². The summed E-state index contributed by atoms with van der Waals surface area (Å²) in [4.78, 5) is 15.4. The summed E-state index contributed by atoms with van der Waals surface area (Å²) in [6.45, 7) is 4.82. The van der Waals surface area contributed by atoms with Gasteiger partial charge in [-0.05, 0) is 32.9 Å². The van der Waals surface area contributed by atoms with E-state index in [1.54, 1.807) is 20.8 Å². The topological polar surface area (TPSA) is 94.6 Å². The molecule has 1 aromatic carbocycles. The van der Waals surface area contributed by atoms with Gasteiger partial charge in [0.25, 0.3) is 0 Å². The number of carbonyl (C=O) groups is 1. The molecule has 1 amide bonds. The van der Waals surface area contributed by atoms with Gasteiger partial charge in [0.05, 0.1) is 4.70 Å². The van der Waals surface area contributed by atoms with E-state index in [0.717, 1.165) is 23.5 Å². The van der Waals surface area contributed by atoms with E-state index in [1.165, 1.54) is 0 Å². The van der Waals surface area contributed by atoms with E-state index < -0.39 is 44.4 Å². The fraction of sp³-hybridized carbons (Fsp3) is 0.385. The highest BCUT2D eigenvalue weighted by molar-refractivity contribution is 7.88. The van der Waals surface area contributed by atoms with Crippen LogP contribution in [0.2, 0.25) is 0 Å². The van der Waals surface area contributed by atoms with Crippen LogP contribution < -0.4 is 9.50 Å². The quantitative estimate of drug-likeness (QED) is 0.462. The van der Waals surface area contributed by atoms with Crippen molar-refractivity contribution >= 4 is 42.9 Å². The van der Waals surface area contributed by atoms with Crippen molar-refractivity contribution in [1.82, 2.24) is 4.98 Å².